The first-order valence-corrected chi connectivity index (χ1v) is 5.80. The molecule has 2 rings (SSSR count). The third-order valence-corrected chi connectivity index (χ3v) is 3.16. The Hall–Kier alpha value is -0.890. The monoisotopic (exact) mass is 207 g/mol. The normalized spacial score (nSPS) is 16.3. The average Bonchev–Trinajstić information content (AvgIpc) is 2.18. The smallest absolute Gasteiger partial charge is 0.123 e. The maximum absolute atomic E-state index is 12.6. The summed E-state index contributed by atoms with van der Waals surface area (Å²) in [5.74, 6) is 0.763. The van der Waals surface area contributed by atoms with E-state index in [-0.39, 0.29) is 5.82 Å². The second-order valence-corrected chi connectivity index (χ2v) is 4.38. The van der Waals surface area contributed by atoms with Gasteiger partial charge >= 0.3 is 0 Å². The Labute approximate surface area is 90.7 Å². The zero-order chi connectivity index (χ0) is 10.5. The highest BCUT2D eigenvalue weighted by atomic mass is 19.1. The van der Waals surface area contributed by atoms with Gasteiger partial charge in [0.25, 0.3) is 0 Å². The van der Waals surface area contributed by atoms with E-state index < -0.39 is 0 Å². The van der Waals surface area contributed by atoms with E-state index in [1.165, 1.54) is 37.0 Å². The van der Waals surface area contributed by atoms with Crippen LogP contribution in [-0.4, -0.2) is 13.1 Å². The van der Waals surface area contributed by atoms with Crippen LogP contribution >= 0.6 is 0 Å². The van der Waals surface area contributed by atoms with Crippen LogP contribution in [0.15, 0.2) is 24.3 Å². The molecule has 1 aliphatic rings. The van der Waals surface area contributed by atoms with Crippen LogP contribution in [0.25, 0.3) is 0 Å². The molecule has 1 aliphatic carbocycles. The van der Waals surface area contributed by atoms with Gasteiger partial charge < -0.3 is 5.32 Å². The SMILES string of the molecule is Fc1ccc(CCNCC2CCC2)cc1. The van der Waals surface area contributed by atoms with Crippen molar-refractivity contribution in [1.82, 2.24) is 5.32 Å². The Balaban J connectivity index is 1.62. The molecular formula is C13H18FN. The molecule has 2 heteroatoms. The minimum absolute atomic E-state index is 0.152. The second kappa shape index (κ2) is 5.26. The largest absolute Gasteiger partial charge is 0.316 e. The lowest BCUT2D eigenvalue weighted by molar-refractivity contribution is 0.303. The Morgan fingerprint density at radius 3 is 2.53 bits per heavy atom. The lowest BCUT2D eigenvalue weighted by Gasteiger charge is -2.25. The maximum Gasteiger partial charge on any atom is 0.123 e. The highest BCUT2D eigenvalue weighted by molar-refractivity contribution is 5.16. The minimum atomic E-state index is -0.152. The molecule has 0 radical (unpaired) electrons. The lowest BCUT2D eigenvalue weighted by Crippen LogP contribution is -2.28. The zero-order valence-electron chi connectivity index (χ0n) is 9.01. The van der Waals surface area contributed by atoms with Crippen molar-refractivity contribution in [1.29, 1.82) is 0 Å². The first-order chi connectivity index (χ1) is 7.34. The molecule has 0 bridgehead atoms. The fourth-order valence-corrected chi connectivity index (χ4v) is 1.89. The van der Waals surface area contributed by atoms with Crippen molar-refractivity contribution < 1.29 is 4.39 Å². The van der Waals surface area contributed by atoms with Crippen molar-refractivity contribution in [3.8, 4) is 0 Å². The molecule has 0 unspecified atom stereocenters. The van der Waals surface area contributed by atoms with E-state index in [0.29, 0.717) is 0 Å². The van der Waals surface area contributed by atoms with E-state index in [1.54, 1.807) is 0 Å². The maximum atomic E-state index is 12.6. The van der Waals surface area contributed by atoms with Gasteiger partial charge in [0.05, 0.1) is 0 Å². The third kappa shape index (κ3) is 3.31. The van der Waals surface area contributed by atoms with E-state index in [2.05, 4.69) is 5.32 Å². The van der Waals surface area contributed by atoms with Gasteiger partial charge in [-0.05, 0) is 56.0 Å². The Morgan fingerprint density at radius 1 is 1.20 bits per heavy atom. The van der Waals surface area contributed by atoms with Crippen LogP contribution in [0.5, 0.6) is 0 Å². The summed E-state index contributed by atoms with van der Waals surface area (Å²) >= 11 is 0. The van der Waals surface area contributed by atoms with Gasteiger partial charge in [0.1, 0.15) is 5.82 Å². The summed E-state index contributed by atoms with van der Waals surface area (Å²) in [7, 11) is 0. The molecule has 1 nitrogen and oxygen atoms in total. The first kappa shape index (κ1) is 10.6. The van der Waals surface area contributed by atoms with Crippen molar-refractivity contribution in [2.24, 2.45) is 5.92 Å². The van der Waals surface area contributed by atoms with Gasteiger partial charge in [0.15, 0.2) is 0 Å². The molecule has 0 aliphatic heterocycles. The highest BCUT2D eigenvalue weighted by Crippen LogP contribution is 2.24. The van der Waals surface area contributed by atoms with Crippen LogP contribution in [0.4, 0.5) is 4.39 Å². The van der Waals surface area contributed by atoms with Crippen molar-refractivity contribution >= 4 is 0 Å². The van der Waals surface area contributed by atoms with Gasteiger partial charge in [-0.1, -0.05) is 18.6 Å². The number of rotatable bonds is 5. The van der Waals surface area contributed by atoms with E-state index in [1.807, 2.05) is 12.1 Å². The van der Waals surface area contributed by atoms with Gasteiger partial charge in [0, 0.05) is 0 Å². The second-order valence-electron chi connectivity index (χ2n) is 4.38. The van der Waals surface area contributed by atoms with Crippen LogP contribution in [0.2, 0.25) is 0 Å². The topological polar surface area (TPSA) is 12.0 Å². The molecule has 1 aromatic carbocycles. The van der Waals surface area contributed by atoms with Crippen molar-refractivity contribution in [2.75, 3.05) is 13.1 Å². The molecule has 82 valence electrons. The van der Waals surface area contributed by atoms with Crippen LogP contribution in [0, 0.1) is 11.7 Å². The van der Waals surface area contributed by atoms with Gasteiger partial charge in [-0.2, -0.15) is 0 Å². The van der Waals surface area contributed by atoms with Crippen LogP contribution < -0.4 is 5.32 Å². The molecule has 15 heavy (non-hydrogen) atoms. The summed E-state index contributed by atoms with van der Waals surface area (Å²) in [6.45, 7) is 2.16. The van der Waals surface area contributed by atoms with Gasteiger partial charge in [-0.25, -0.2) is 4.39 Å². The van der Waals surface area contributed by atoms with E-state index in [0.717, 1.165) is 25.4 Å². The molecule has 0 aromatic heterocycles. The summed E-state index contributed by atoms with van der Waals surface area (Å²) in [5.41, 5.74) is 1.21. The molecule has 0 amide bonds. The summed E-state index contributed by atoms with van der Waals surface area (Å²) in [4.78, 5) is 0. The van der Waals surface area contributed by atoms with Crippen LogP contribution in [-0.2, 0) is 6.42 Å². The zero-order valence-corrected chi connectivity index (χ0v) is 9.01. The quantitative estimate of drug-likeness (QED) is 0.732. The van der Waals surface area contributed by atoms with Crippen LogP contribution in [0.3, 0.4) is 0 Å². The molecule has 1 saturated carbocycles. The van der Waals surface area contributed by atoms with E-state index in [4.69, 9.17) is 0 Å². The van der Waals surface area contributed by atoms with Gasteiger partial charge in [0.2, 0.25) is 0 Å². The van der Waals surface area contributed by atoms with Gasteiger partial charge in [-0.3, -0.25) is 0 Å². The average molecular weight is 207 g/mol. The van der Waals surface area contributed by atoms with Crippen molar-refractivity contribution in [3.63, 3.8) is 0 Å². The van der Waals surface area contributed by atoms with E-state index in [9.17, 15) is 4.39 Å². The van der Waals surface area contributed by atoms with E-state index >= 15 is 0 Å². The number of nitrogens with one attached hydrogen (secondary N) is 1. The molecule has 1 aromatic rings. The third-order valence-electron chi connectivity index (χ3n) is 3.16. The standard InChI is InChI=1S/C13H18FN/c14-13-6-4-11(5-7-13)8-9-15-10-12-2-1-3-12/h4-7,12,15H,1-3,8-10H2. The van der Waals surface area contributed by atoms with Crippen LogP contribution in [0.1, 0.15) is 24.8 Å². The van der Waals surface area contributed by atoms with Gasteiger partial charge in [-0.15, -0.1) is 0 Å². The molecule has 1 fully saturated rings. The minimum Gasteiger partial charge on any atom is -0.316 e. The predicted octanol–water partition coefficient (Wildman–Crippen LogP) is 2.76. The summed E-state index contributed by atoms with van der Waals surface area (Å²) < 4.78 is 12.6. The van der Waals surface area contributed by atoms with Crippen molar-refractivity contribution in [2.45, 2.75) is 25.7 Å². The summed E-state index contributed by atoms with van der Waals surface area (Å²) in [5, 5.41) is 3.46. The fourth-order valence-electron chi connectivity index (χ4n) is 1.89. The Bertz CT molecular complexity index is 290. The molecule has 0 heterocycles. The first-order valence-electron chi connectivity index (χ1n) is 5.80. The molecule has 0 atom stereocenters. The number of halogens is 1. The Kier molecular flexibility index (Phi) is 3.73. The summed E-state index contributed by atoms with van der Waals surface area (Å²) in [6.07, 6.45) is 5.18. The van der Waals surface area contributed by atoms with Crippen molar-refractivity contribution in [3.05, 3.63) is 35.6 Å². The molecule has 0 saturated heterocycles. The summed E-state index contributed by atoms with van der Waals surface area (Å²) in [6, 6.07) is 6.78. The molecular weight excluding hydrogens is 189 g/mol. The number of hydrogen-bond acceptors (Lipinski definition) is 1. The number of hydrogen-bond donors (Lipinski definition) is 1. The lowest BCUT2D eigenvalue weighted by atomic mass is 9.85. The molecule has 1 N–H and O–H groups in total. The highest BCUT2D eigenvalue weighted by Gasteiger charge is 2.15. The Morgan fingerprint density at radius 2 is 1.93 bits per heavy atom. The number of benzene rings is 1. The molecule has 0 spiro atoms. The predicted molar refractivity (Wildman–Crippen MR) is 60.3 cm³/mol. The fraction of sp³-hybridized carbons (Fsp3) is 0.538.